The van der Waals surface area contributed by atoms with Gasteiger partial charge in [0, 0.05) is 34.3 Å². The number of amides is 1. The molecule has 0 spiro atoms. The van der Waals surface area contributed by atoms with Crippen molar-refractivity contribution in [2.75, 3.05) is 18.4 Å². The van der Waals surface area contributed by atoms with Crippen LogP contribution >= 0.6 is 23.4 Å². The molecule has 1 amide bonds. The van der Waals surface area contributed by atoms with Crippen molar-refractivity contribution in [2.24, 2.45) is 0 Å². The van der Waals surface area contributed by atoms with Crippen LogP contribution in [0.4, 0.5) is 5.69 Å². The quantitative estimate of drug-likeness (QED) is 0.437. The highest BCUT2D eigenvalue weighted by Gasteiger charge is 2.27. The Labute approximate surface area is 197 Å². The van der Waals surface area contributed by atoms with Crippen LogP contribution in [0.3, 0.4) is 0 Å². The standard InChI is InChI=1S/C24H23ClN2O3S2/c25-20-11-7-18(8-12-20)17-31-23-6-2-1-5-22(23)26-24(28)19-9-13-21(14-10-19)32(29,30)27-15-3-4-16-27/h1-2,5-14H,3-4,15-17H2,(H,26,28). The minimum absolute atomic E-state index is 0.217. The number of carbonyl (C=O) groups is 1. The molecule has 0 atom stereocenters. The van der Waals surface area contributed by atoms with E-state index in [0.717, 1.165) is 29.1 Å². The summed E-state index contributed by atoms with van der Waals surface area (Å²) in [5.41, 5.74) is 2.25. The van der Waals surface area contributed by atoms with Crippen molar-refractivity contribution < 1.29 is 13.2 Å². The van der Waals surface area contributed by atoms with Crippen molar-refractivity contribution in [3.63, 3.8) is 0 Å². The Hall–Kier alpha value is -2.32. The number of hydrogen-bond donors (Lipinski definition) is 1. The number of para-hydroxylation sites is 1. The fourth-order valence-electron chi connectivity index (χ4n) is 3.49. The first-order chi connectivity index (χ1) is 15.4. The van der Waals surface area contributed by atoms with Gasteiger partial charge in [-0.3, -0.25) is 4.79 Å². The Morgan fingerprint density at radius 2 is 1.59 bits per heavy atom. The lowest BCUT2D eigenvalue weighted by Crippen LogP contribution is -2.27. The van der Waals surface area contributed by atoms with Gasteiger partial charge in [0.15, 0.2) is 0 Å². The Kier molecular flexibility index (Phi) is 7.20. The van der Waals surface area contributed by atoms with Gasteiger partial charge in [-0.1, -0.05) is 35.9 Å². The number of hydrogen-bond acceptors (Lipinski definition) is 4. The van der Waals surface area contributed by atoms with E-state index in [-0.39, 0.29) is 10.8 Å². The number of nitrogens with zero attached hydrogens (tertiary/aromatic N) is 1. The molecule has 0 saturated carbocycles. The molecule has 1 N–H and O–H groups in total. The summed E-state index contributed by atoms with van der Waals surface area (Å²) in [6, 6.07) is 21.4. The van der Waals surface area contributed by atoms with Gasteiger partial charge in [-0.05, 0) is 66.9 Å². The third-order valence-corrected chi connectivity index (χ3v) is 8.57. The minimum Gasteiger partial charge on any atom is -0.321 e. The molecule has 166 valence electrons. The molecule has 0 aliphatic carbocycles. The molecule has 0 aromatic heterocycles. The van der Waals surface area contributed by atoms with E-state index < -0.39 is 10.0 Å². The third kappa shape index (κ3) is 5.35. The number of carbonyl (C=O) groups excluding carboxylic acids is 1. The summed E-state index contributed by atoms with van der Waals surface area (Å²) in [5.74, 6) is 0.460. The maximum atomic E-state index is 12.8. The maximum Gasteiger partial charge on any atom is 0.255 e. The van der Waals surface area contributed by atoms with Gasteiger partial charge >= 0.3 is 0 Å². The first kappa shape index (κ1) is 22.9. The monoisotopic (exact) mass is 486 g/mol. The highest BCUT2D eigenvalue weighted by Crippen LogP contribution is 2.30. The minimum atomic E-state index is -3.49. The predicted molar refractivity (Wildman–Crippen MR) is 130 cm³/mol. The molecule has 5 nitrogen and oxygen atoms in total. The smallest absolute Gasteiger partial charge is 0.255 e. The van der Waals surface area contributed by atoms with Crippen LogP contribution < -0.4 is 5.32 Å². The number of sulfonamides is 1. The van der Waals surface area contributed by atoms with Crippen molar-refractivity contribution in [2.45, 2.75) is 28.4 Å². The van der Waals surface area contributed by atoms with Crippen molar-refractivity contribution in [1.82, 2.24) is 4.31 Å². The fraction of sp³-hybridized carbons (Fsp3) is 0.208. The summed E-state index contributed by atoms with van der Waals surface area (Å²) in [6.07, 6.45) is 1.77. The summed E-state index contributed by atoms with van der Waals surface area (Å²) in [7, 11) is -3.49. The zero-order chi connectivity index (χ0) is 22.6. The van der Waals surface area contributed by atoms with E-state index in [0.29, 0.717) is 29.4 Å². The zero-order valence-corrected chi connectivity index (χ0v) is 19.7. The first-order valence-corrected chi connectivity index (χ1v) is 13.1. The summed E-state index contributed by atoms with van der Waals surface area (Å²) in [4.78, 5) is 14.0. The molecule has 3 aromatic carbocycles. The van der Waals surface area contributed by atoms with Gasteiger partial charge in [-0.15, -0.1) is 11.8 Å². The molecule has 1 fully saturated rings. The highest BCUT2D eigenvalue weighted by atomic mass is 35.5. The molecular weight excluding hydrogens is 464 g/mol. The SMILES string of the molecule is O=C(Nc1ccccc1SCc1ccc(Cl)cc1)c1ccc(S(=O)(=O)N2CCCC2)cc1. The molecule has 0 unspecified atom stereocenters. The van der Waals surface area contributed by atoms with Gasteiger partial charge in [-0.2, -0.15) is 4.31 Å². The Balaban J connectivity index is 1.44. The Morgan fingerprint density at radius 1 is 0.938 bits per heavy atom. The van der Waals surface area contributed by atoms with Crippen LogP contribution in [0.2, 0.25) is 5.02 Å². The van der Waals surface area contributed by atoms with Crippen molar-refractivity contribution in [1.29, 1.82) is 0 Å². The summed E-state index contributed by atoms with van der Waals surface area (Å²) >= 11 is 7.57. The van der Waals surface area contributed by atoms with E-state index in [1.165, 1.54) is 16.4 Å². The van der Waals surface area contributed by atoms with E-state index >= 15 is 0 Å². The van der Waals surface area contributed by atoms with Gasteiger partial charge in [0.1, 0.15) is 0 Å². The summed E-state index contributed by atoms with van der Waals surface area (Å²) < 4.78 is 26.8. The number of rotatable bonds is 7. The van der Waals surface area contributed by atoms with Crippen LogP contribution in [-0.4, -0.2) is 31.7 Å². The van der Waals surface area contributed by atoms with E-state index in [4.69, 9.17) is 11.6 Å². The Bertz CT molecular complexity index is 1190. The summed E-state index contributed by atoms with van der Waals surface area (Å²) in [6.45, 7) is 1.10. The number of halogens is 1. The molecule has 1 saturated heterocycles. The maximum absolute atomic E-state index is 12.8. The summed E-state index contributed by atoms with van der Waals surface area (Å²) in [5, 5.41) is 3.64. The van der Waals surface area contributed by atoms with Crippen LogP contribution in [0.25, 0.3) is 0 Å². The normalized spacial score (nSPS) is 14.4. The lowest BCUT2D eigenvalue weighted by molar-refractivity contribution is 0.102. The lowest BCUT2D eigenvalue weighted by atomic mass is 10.2. The third-order valence-electron chi connectivity index (χ3n) is 5.26. The molecule has 1 aliphatic rings. The van der Waals surface area contributed by atoms with Gasteiger partial charge in [0.05, 0.1) is 10.6 Å². The Morgan fingerprint density at radius 3 is 2.28 bits per heavy atom. The molecular formula is C24H23ClN2O3S2. The van der Waals surface area contributed by atoms with Crippen LogP contribution in [0, 0.1) is 0 Å². The van der Waals surface area contributed by atoms with Crippen LogP contribution in [0.15, 0.2) is 82.6 Å². The number of anilines is 1. The topological polar surface area (TPSA) is 66.5 Å². The van der Waals surface area contributed by atoms with Crippen LogP contribution in [-0.2, 0) is 15.8 Å². The predicted octanol–water partition coefficient (Wildman–Crippen LogP) is 5.67. The van der Waals surface area contributed by atoms with Crippen molar-refractivity contribution >= 4 is 45.0 Å². The average molecular weight is 487 g/mol. The van der Waals surface area contributed by atoms with E-state index in [2.05, 4.69) is 5.32 Å². The van der Waals surface area contributed by atoms with Crippen molar-refractivity contribution in [3.8, 4) is 0 Å². The molecule has 1 heterocycles. The van der Waals surface area contributed by atoms with Gasteiger partial charge in [0.25, 0.3) is 5.91 Å². The fourth-order valence-corrected chi connectivity index (χ4v) is 6.09. The second-order valence-electron chi connectivity index (χ2n) is 7.50. The molecule has 0 radical (unpaired) electrons. The highest BCUT2D eigenvalue weighted by molar-refractivity contribution is 7.98. The van der Waals surface area contributed by atoms with Gasteiger partial charge in [0.2, 0.25) is 10.0 Å². The molecule has 4 rings (SSSR count). The second kappa shape index (κ2) is 10.1. The average Bonchev–Trinajstić information content (AvgIpc) is 3.36. The molecule has 32 heavy (non-hydrogen) atoms. The largest absolute Gasteiger partial charge is 0.321 e. The molecule has 1 aliphatic heterocycles. The van der Waals surface area contributed by atoms with E-state index in [1.807, 2.05) is 48.5 Å². The zero-order valence-electron chi connectivity index (χ0n) is 17.3. The van der Waals surface area contributed by atoms with Crippen LogP contribution in [0.1, 0.15) is 28.8 Å². The van der Waals surface area contributed by atoms with E-state index in [1.54, 1.807) is 23.9 Å². The molecule has 0 bridgehead atoms. The van der Waals surface area contributed by atoms with Gasteiger partial charge in [-0.25, -0.2) is 8.42 Å². The lowest BCUT2D eigenvalue weighted by Gasteiger charge is -2.15. The number of thioether (sulfide) groups is 1. The number of nitrogens with one attached hydrogen (secondary N) is 1. The molecule has 3 aromatic rings. The van der Waals surface area contributed by atoms with Crippen LogP contribution in [0.5, 0.6) is 0 Å². The van der Waals surface area contributed by atoms with Gasteiger partial charge < -0.3 is 5.32 Å². The number of benzene rings is 3. The first-order valence-electron chi connectivity index (χ1n) is 10.3. The second-order valence-corrected chi connectivity index (χ2v) is 10.9. The van der Waals surface area contributed by atoms with E-state index in [9.17, 15) is 13.2 Å². The van der Waals surface area contributed by atoms with Crippen molar-refractivity contribution in [3.05, 3.63) is 88.9 Å². The molecule has 8 heteroatoms.